The van der Waals surface area contributed by atoms with Crippen LogP contribution in [0.2, 0.25) is 0 Å². The van der Waals surface area contributed by atoms with Gasteiger partial charge in [-0.1, -0.05) is 13.2 Å². The highest BCUT2D eigenvalue weighted by Gasteiger charge is 2.26. The second-order valence-electron chi connectivity index (χ2n) is 5.80. The van der Waals surface area contributed by atoms with Gasteiger partial charge >= 0.3 is 23.9 Å². The van der Waals surface area contributed by atoms with E-state index in [-0.39, 0.29) is 19.8 Å². The minimum absolute atomic E-state index is 0.234. The summed E-state index contributed by atoms with van der Waals surface area (Å²) < 4.78 is 19.1. The van der Waals surface area contributed by atoms with Gasteiger partial charge in [-0.25, -0.2) is 19.2 Å². The van der Waals surface area contributed by atoms with Crippen LogP contribution in [0.15, 0.2) is 37.4 Å². The minimum atomic E-state index is -2.26. The average Bonchev–Trinajstić information content (AvgIpc) is 2.77. The van der Waals surface area contributed by atoms with E-state index in [9.17, 15) is 34.5 Å². The Morgan fingerprint density at radius 1 is 0.844 bits per heavy atom. The van der Waals surface area contributed by atoms with Crippen LogP contribution in [0.3, 0.4) is 0 Å². The summed E-state index contributed by atoms with van der Waals surface area (Å²) in [5.41, 5.74) is -2.30. The van der Waals surface area contributed by atoms with Crippen molar-refractivity contribution in [3.05, 3.63) is 59.7 Å². The van der Waals surface area contributed by atoms with Gasteiger partial charge in [-0.05, 0) is 18.2 Å². The van der Waals surface area contributed by atoms with E-state index in [2.05, 4.69) is 17.9 Å². The Morgan fingerprint density at radius 3 is 1.94 bits per heavy atom. The zero-order valence-electron chi connectivity index (χ0n) is 16.8. The number of carboxylic acids is 1. The Labute approximate surface area is 181 Å². The molecule has 0 heterocycles. The quantitative estimate of drug-likeness (QED) is 0.0777. The number of ether oxygens (including phenoxy) is 4. The molecule has 0 aliphatic carbocycles. The molecule has 12 heteroatoms. The van der Waals surface area contributed by atoms with Crippen molar-refractivity contribution in [2.75, 3.05) is 26.4 Å². The highest BCUT2D eigenvalue weighted by molar-refractivity contribution is 6.05. The number of carbonyl (C=O) groups is 4. The number of hydrogen-bond donors (Lipinski definition) is 4. The minimum Gasteiger partial charge on any atom is -0.478 e. The first kappa shape index (κ1) is 26.5. The molecule has 4 N–H and O–H groups in total. The summed E-state index contributed by atoms with van der Waals surface area (Å²) in [6.45, 7) is 5.11. The van der Waals surface area contributed by atoms with E-state index in [1.807, 2.05) is 0 Å². The molecule has 12 nitrogen and oxygen atoms in total. The molecule has 1 aromatic rings. The van der Waals surface area contributed by atoms with Crippen molar-refractivity contribution in [2.45, 2.75) is 12.6 Å². The number of aliphatic hydroxyl groups excluding tert-OH is 2. The zero-order chi connectivity index (χ0) is 24.3. The van der Waals surface area contributed by atoms with Gasteiger partial charge in [0.05, 0.1) is 23.3 Å². The summed E-state index contributed by atoms with van der Waals surface area (Å²) in [4.78, 5) is 47.1. The normalized spacial score (nSPS) is 11.4. The van der Waals surface area contributed by atoms with Crippen LogP contribution in [0.1, 0.15) is 42.9 Å². The van der Waals surface area contributed by atoms with Crippen LogP contribution in [0.4, 0.5) is 0 Å². The van der Waals surface area contributed by atoms with Gasteiger partial charge in [0, 0.05) is 11.6 Å². The fraction of sp³-hybridized carbons (Fsp3) is 0.300. The molecule has 0 bridgehead atoms. The molecule has 0 spiro atoms. The molecule has 0 unspecified atom stereocenters. The second kappa shape index (κ2) is 13.0. The molecule has 174 valence electrons. The van der Waals surface area contributed by atoms with Crippen LogP contribution in [0, 0.1) is 0 Å². The lowest BCUT2D eigenvalue weighted by Gasteiger charge is -2.15. The highest BCUT2D eigenvalue weighted by Crippen LogP contribution is 2.24. The van der Waals surface area contributed by atoms with Crippen LogP contribution < -0.4 is 0 Å². The lowest BCUT2D eigenvalue weighted by atomic mass is 9.97. The first-order valence-corrected chi connectivity index (χ1v) is 8.95. The van der Waals surface area contributed by atoms with E-state index in [0.29, 0.717) is 0 Å². The van der Waals surface area contributed by atoms with Gasteiger partial charge in [0.1, 0.15) is 19.8 Å². The summed E-state index contributed by atoms with van der Waals surface area (Å²) in [7, 11) is 0. The maximum Gasteiger partial charge on any atom is 0.339 e. The Kier molecular flexibility index (Phi) is 10.7. The third-order valence-corrected chi connectivity index (χ3v) is 3.67. The van der Waals surface area contributed by atoms with Crippen LogP contribution >= 0.6 is 0 Å². The molecule has 0 aromatic heterocycles. The van der Waals surface area contributed by atoms with Crippen LogP contribution in [-0.4, -0.2) is 77.0 Å². The molecule has 1 rings (SSSR count). The first-order chi connectivity index (χ1) is 15.1. The number of carboxylic acid groups (broad SMARTS) is 1. The van der Waals surface area contributed by atoms with Crippen molar-refractivity contribution >= 4 is 23.9 Å². The monoisotopic (exact) mass is 454 g/mol. The maximum atomic E-state index is 12.3. The number of rotatable bonds is 13. The van der Waals surface area contributed by atoms with Crippen molar-refractivity contribution in [3.8, 4) is 0 Å². The molecule has 0 amide bonds. The molecular weight excluding hydrogens is 432 g/mol. The van der Waals surface area contributed by atoms with Gasteiger partial charge in [-0.2, -0.15) is 0 Å². The largest absolute Gasteiger partial charge is 0.478 e. The third kappa shape index (κ3) is 7.92. The second-order valence-corrected chi connectivity index (χ2v) is 5.80. The van der Waals surface area contributed by atoms with Gasteiger partial charge in [-0.3, -0.25) is 0 Å². The number of aromatic carboxylic acids is 1. The van der Waals surface area contributed by atoms with Gasteiger partial charge in [0.15, 0.2) is 12.6 Å². The van der Waals surface area contributed by atoms with E-state index < -0.39 is 65.3 Å². The van der Waals surface area contributed by atoms with E-state index in [4.69, 9.17) is 19.3 Å². The molecule has 0 fully saturated rings. The van der Waals surface area contributed by atoms with Gasteiger partial charge < -0.3 is 39.4 Å². The predicted molar refractivity (Wildman–Crippen MR) is 104 cm³/mol. The fourth-order valence-corrected chi connectivity index (χ4v) is 2.21. The van der Waals surface area contributed by atoms with Gasteiger partial charge in [0.2, 0.25) is 0 Å². The zero-order valence-corrected chi connectivity index (χ0v) is 16.8. The lowest BCUT2D eigenvalue weighted by molar-refractivity contribution is -0.138. The van der Waals surface area contributed by atoms with E-state index >= 15 is 0 Å². The van der Waals surface area contributed by atoms with Crippen molar-refractivity contribution in [2.24, 2.45) is 0 Å². The van der Waals surface area contributed by atoms with Crippen molar-refractivity contribution in [3.63, 3.8) is 0 Å². The highest BCUT2D eigenvalue weighted by atomic mass is 16.6. The fourth-order valence-electron chi connectivity index (χ4n) is 2.21. The molecule has 1 atom stereocenters. The molecule has 1 aromatic carbocycles. The first-order valence-electron chi connectivity index (χ1n) is 8.95. The van der Waals surface area contributed by atoms with Gasteiger partial charge in [0.25, 0.3) is 0 Å². The molecular formula is C20H22O12. The maximum absolute atomic E-state index is 12.3. The van der Waals surface area contributed by atoms with Crippen LogP contribution in [-0.2, 0) is 23.7 Å². The SMILES string of the molecule is C=CC(=O)OCCOC(=O)c1cc(C(O)O)c(C(=O)OCCO[C@@H](O)C=C)cc1C(=O)O. The standard InChI is InChI=1S/C20H22O12/c1-3-15(21)29-5-7-31-19(27)13-9-12(18(25)26)14(10-11(13)17(23)24)20(28)32-8-6-30-16(22)4-2/h3-4,9-10,15,17,21,23-24H,1-2,5-8H2,(H,25,26)/t15-/m1/s1. The topological polar surface area (TPSA) is 186 Å². The predicted octanol–water partition coefficient (Wildman–Crippen LogP) is -0.0682. The lowest BCUT2D eigenvalue weighted by Crippen LogP contribution is -2.20. The Balaban J connectivity index is 3.05. The average molecular weight is 454 g/mol. The molecule has 32 heavy (non-hydrogen) atoms. The van der Waals surface area contributed by atoms with E-state index in [1.54, 1.807) is 0 Å². The Hall–Kier alpha value is -3.58. The smallest absolute Gasteiger partial charge is 0.339 e. The number of hydrogen-bond acceptors (Lipinski definition) is 11. The van der Waals surface area contributed by atoms with Crippen molar-refractivity contribution < 1.29 is 58.6 Å². The number of carbonyl (C=O) groups excluding carboxylic acids is 3. The van der Waals surface area contributed by atoms with E-state index in [0.717, 1.165) is 24.3 Å². The van der Waals surface area contributed by atoms with E-state index in [1.165, 1.54) is 0 Å². The third-order valence-electron chi connectivity index (χ3n) is 3.67. The van der Waals surface area contributed by atoms with Crippen LogP contribution in [0.5, 0.6) is 0 Å². The van der Waals surface area contributed by atoms with Crippen molar-refractivity contribution in [1.29, 1.82) is 0 Å². The van der Waals surface area contributed by atoms with Crippen molar-refractivity contribution in [1.82, 2.24) is 0 Å². The summed E-state index contributed by atoms with van der Waals surface area (Å²) in [6, 6.07) is 1.49. The number of esters is 3. The number of aliphatic hydroxyl groups is 3. The molecule has 0 saturated carbocycles. The van der Waals surface area contributed by atoms with Crippen LogP contribution in [0.25, 0.3) is 0 Å². The molecule has 0 aliphatic rings. The summed E-state index contributed by atoms with van der Waals surface area (Å²) in [6.07, 6.45) is -1.57. The molecule has 0 aliphatic heterocycles. The summed E-state index contributed by atoms with van der Waals surface area (Å²) in [5.74, 6) is -4.68. The van der Waals surface area contributed by atoms with Gasteiger partial charge in [-0.15, -0.1) is 0 Å². The summed E-state index contributed by atoms with van der Waals surface area (Å²) >= 11 is 0. The summed E-state index contributed by atoms with van der Waals surface area (Å²) in [5, 5.41) is 37.7. The molecule has 0 saturated heterocycles. The Morgan fingerprint density at radius 2 is 1.41 bits per heavy atom. The Bertz CT molecular complexity index is 874. The number of benzene rings is 1. The molecule has 0 radical (unpaired) electrons.